The molecule has 0 spiro atoms. The maximum Gasteiger partial charge on any atom is 0.354 e. The average Bonchev–Trinajstić information content (AvgIpc) is 2.38. The van der Waals surface area contributed by atoms with Gasteiger partial charge < -0.3 is 10.4 Å². The van der Waals surface area contributed by atoms with Crippen molar-refractivity contribution in [3.05, 3.63) is 47.7 Å². The second-order valence-corrected chi connectivity index (χ2v) is 4.54. The minimum Gasteiger partial charge on any atom is -0.477 e. The van der Waals surface area contributed by atoms with E-state index in [0.717, 1.165) is 10.8 Å². The van der Waals surface area contributed by atoms with Crippen LogP contribution in [0.4, 0.5) is 5.82 Å². The number of hydrogen-bond acceptors (Lipinski definition) is 3. The van der Waals surface area contributed by atoms with Crippen LogP contribution in [-0.2, 0) is 0 Å². The molecule has 1 aromatic heterocycles. The van der Waals surface area contributed by atoms with Crippen LogP contribution < -0.4 is 5.32 Å². The zero-order chi connectivity index (χ0) is 13.8. The van der Waals surface area contributed by atoms with Gasteiger partial charge in [-0.05, 0) is 25.3 Å². The molecule has 4 heteroatoms. The SMILES string of the molecule is CC(C)=CCNc1nc(C(=O)O)cc2ccccc12. The molecule has 0 saturated heterocycles. The number of allylic oxidation sites excluding steroid dienone is 1. The van der Waals surface area contributed by atoms with Gasteiger partial charge in [-0.2, -0.15) is 0 Å². The lowest BCUT2D eigenvalue weighted by atomic mass is 10.1. The molecule has 0 aliphatic heterocycles. The summed E-state index contributed by atoms with van der Waals surface area (Å²) in [5, 5.41) is 14.0. The molecule has 0 aliphatic rings. The summed E-state index contributed by atoms with van der Waals surface area (Å²) in [6.07, 6.45) is 2.03. The van der Waals surface area contributed by atoms with Crippen LogP contribution in [-0.4, -0.2) is 22.6 Å². The lowest BCUT2D eigenvalue weighted by Gasteiger charge is -2.08. The second kappa shape index (κ2) is 5.52. The molecular weight excluding hydrogens is 240 g/mol. The summed E-state index contributed by atoms with van der Waals surface area (Å²) < 4.78 is 0. The fourth-order valence-electron chi connectivity index (χ4n) is 1.79. The van der Waals surface area contributed by atoms with E-state index < -0.39 is 5.97 Å². The molecule has 0 aliphatic carbocycles. The predicted molar refractivity (Wildman–Crippen MR) is 76.6 cm³/mol. The highest BCUT2D eigenvalue weighted by Crippen LogP contribution is 2.22. The number of anilines is 1. The highest BCUT2D eigenvalue weighted by molar-refractivity contribution is 5.97. The first-order chi connectivity index (χ1) is 9.08. The fraction of sp³-hybridized carbons (Fsp3) is 0.200. The van der Waals surface area contributed by atoms with Gasteiger partial charge in [0.05, 0.1) is 0 Å². The second-order valence-electron chi connectivity index (χ2n) is 4.54. The molecule has 0 atom stereocenters. The van der Waals surface area contributed by atoms with Gasteiger partial charge in [0.25, 0.3) is 0 Å². The molecule has 2 N–H and O–H groups in total. The summed E-state index contributed by atoms with van der Waals surface area (Å²) in [4.78, 5) is 15.2. The van der Waals surface area contributed by atoms with Crippen molar-refractivity contribution >= 4 is 22.6 Å². The third-order valence-electron chi connectivity index (χ3n) is 2.74. The van der Waals surface area contributed by atoms with E-state index in [0.29, 0.717) is 12.4 Å². The van der Waals surface area contributed by atoms with E-state index in [1.165, 1.54) is 5.57 Å². The zero-order valence-corrected chi connectivity index (χ0v) is 11.0. The van der Waals surface area contributed by atoms with Gasteiger partial charge in [0.1, 0.15) is 5.82 Å². The number of fused-ring (bicyclic) bond motifs is 1. The Balaban J connectivity index is 2.44. The Labute approximate surface area is 111 Å². The summed E-state index contributed by atoms with van der Waals surface area (Å²) in [5.74, 6) is -0.413. The van der Waals surface area contributed by atoms with E-state index in [1.807, 2.05) is 44.2 Å². The molecule has 4 nitrogen and oxygen atoms in total. The van der Waals surface area contributed by atoms with Crippen LogP contribution in [0.1, 0.15) is 24.3 Å². The molecule has 2 rings (SSSR count). The molecule has 0 radical (unpaired) electrons. The predicted octanol–water partition coefficient (Wildman–Crippen LogP) is 3.31. The molecule has 0 bridgehead atoms. The van der Waals surface area contributed by atoms with Gasteiger partial charge in [-0.3, -0.25) is 0 Å². The van der Waals surface area contributed by atoms with Crippen LogP contribution >= 0.6 is 0 Å². The quantitative estimate of drug-likeness (QED) is 0.824. The van der Waals surface area contributed by atoms with Gasteiger partial charge in [-0.15, -0.1) is 0 Å². The summed E-state index contributed by atoms with van der Waals surface area (Å²) >= 11 is 0. The van der Waals surface area contributed by atoms with E-state index in [2.05, 4.69) is 10.3 Å². The number of carboxylic acid groups (broad SMARTS) is 1. The van der Waals surface area contributed by atoms with Crippen molar-refractivity contribution in [3.8, 4) is 0 Å². The van der Waals surface area contributed by atoms with E-state index in [9.17, 15) is 4.79 Å². The molecule has 0 unspecified atom stereocenters. The maximum atomic E-state index is 11.1. The van der Waals surface area contributed by atoms with Gasteiger partial charge >= 0.3 is 5.97 Å². The van der Waals surface area contributed by atoms with Gasteiger partial charge in [-0.1, -0.05) is 35.9 Å². The molecule has 0 fully saturated rings. The number of pyridine rings is 1. The van der Waals surface area contributed by atoms with E-state index in [-0.39, 0.29) is 5.69 Å². The number of nitrogens with one attached hydrogen (secondary N) is 1. The molecular formula is C15H16N2O2. The number of carbonyl (C=O) groups is 1. The Morgan fingerprint density at radius 3 is 2.79 bits per heavy atom. The number of aromatic nitrogens is 1. The van der Waals surface area contributed by atoms with E-state index >= 15 is 0 Å². The highest BCUT2D eigenvalue weighted by Gasteiger charge is 2.09. The Morgan fingerprint density at radius 2 is 2.11 bits per heavy atom. The van der Waals surface area contributed by atoms with Crippen LogP contribution in [0.15, 0.2) is 42.0 Å². The van der Waals surface area contributed by atoms with Gasteiger partial charge in [0.15, 0.2) is 5.69 Å². The normalized spacial score (nSPS) is 10.2. The average molecular weight is 256 g/mol. The maximum absolute atomic E-state index is 11.1. The van der Waals surface area contributed by atoms with Gasteiger partial charge in [0, 0.05) is 11.9 Å². The van der Waals surface area contributed by atoms with Crippen molar-refractivity contribution in [2.24, 2.45) is 0 Å². The van der Waals surface area contributed by atoms with Crippen LogP contribution in [0.25, 0.3) is 10.8 Å². The largest absolute Gasteiger partial charge is 0.477 e. The summed E-state index contributed by atoms with van der Waals surface area (Å²) in [7, 11) is 0. The van der Waals surface area contributed by atoms with Crippen LogP contribution in [0, 0.1) is 0 Å². The standard InChI is InChI=1S/C15H16N2O2/c1-10(2)7-8-16-14-12-6-4-3-5-11(12)9-13(17-14)15(18)19/h3-7,9H,8H2,1-2H3,(H,16,17)(H,18,19). The van der Waals surface area contributed by atoms with Crippen molar-refractivity contribution in [1.29, 1.82) is 0 Å². The summed E-state index contributed by atoms with van der Waals surface area (Å²) in [6, 6.07) is 9.20. The summed E-state index contributed by atoms with van der Waals surface area (Å²) in [6.45, 7) is 4.66. The van der Waals surface area contributed by atoms with Crippen LogP contribution in [0.2, 0.25) is 0 Å². The molecule has 0 saturated carbocycles. The topological polar surface area (TPSA) is 62.2 Å². The number of rotatable bonds is 4. The third kappa shape index (κ3) is 3.10. The van der Waals surface area contributed by atoms with E-state index in [1.54, 1.807) is 6.07 Å². The first-order valence-corrected chi connectivity index (χ1v) is 6.08. The van der Waals surface area contributed by atoms with E-state index in [4.69, 9.17) is 5.11 Å². The minimum atomic E-state index is -1.02. The molecule has 98 valence electrons. The lowest BCUT2D eigenvalue weighted by Crippen LogP contribution is -2.07. The lowest BCUT2D eigenvalue weighted by molar-refractivity contribution is 0.0691. The molecule has 0 amide bonds. The number of carboxylic acids is 1. The number of aromatic carboxylic acids is 1. The van der Waals surface area contributed by atoms with Crippen molar-refractivity contribution in [3.63, 3.8) is 0 Å². The monoisotopic (exact) mass is 256 g/mol. The Hall–Kier alpha value is -2.36. The first kappa shape index (κ1) is 13.1. The van der Waals surface area contributed by atoms with Gasteiger partial charge in [0.2, 0.25) is 0 Å². The number of benzene rings is 1. The third-order valence-corrected chi connectivity index (χ3v) is 2.74. The first-order valence-electron chi connectivity index (χ1n) is 6.08. The molecule has 2 aromatic rings. The number of hydrogen-bond donors (Lipinski definition) is 2. The smallest absolute Gasteiger partial charge is 0.354 e. The summed E-state index contributed by atoms with van der Waals surface area (Å²) in [5.41, 5.74) is 1.25. The van der Waals surface area contributed by atoms with Crippen LogP contribution in [0.3, 0.4) is 0 Å². The van der Waals surface area contributed by atoms with Crippen molar-refractivity contribution in [2.45, 2.75) is 13.8 Å². The van der Waals surface area contributed by atoms with Gasteiger partial charge in [-0.25, -0.2) is 9.78 Å². The fourth-order valence-corrected chi connectivity index (χ4v) is 1.79. The number of nitrogens with zero attached hydrogens (tertiary/aromatic N) is 1. The molecule has 1 aromatic carbocycles. The highest BCUT2D eigenvalue weighted by atomic mass is 16.4. The zero-order valence-electron chi connectivity index (χ0n) is 11.0. The van der Waals surface area contributed by atoms with Crippen molar-refractivity contribution in [1.82, 2.24) is 4.98 Å². The van der Waals surface area contributed by atoms with Crippen molar-refractivity contribution in [2.75, 3.05) is 11.9 Å². The van der Waals surface area contributed by atoms with Crippen molar-refractivity contribution < 1.29 is 9.90 Å². The molecule has 19 heavy (non-hydrogen) atoms. The minimum absolute atomic E-state index is 0.0541. The Kier molecular flexibility index (Phi) is 3.80. The van der Waals surface area contributed by atoms with Crippen LogP contribution in [0.5, 0.6) is 0 Å². The Morgan fingerprint density at radius 1 is 1.37 bits per heavy atom. The molecule has 1 heterocycles. The Bertz CT molecular complexity index is 644.